The first kappa shape index (κ1) is 12.5. The van der Waals surface area contributed by atoms with Crippen LogP contribution in [0.15, 0.2) is 22.8 Å². The van der Waals surface area contributed by atoms with Crippen molar-refractivity contribution in [3.05, 3.63) is 22.8 Å². The molecule has 1 aromatic rings. The lowest BCUT2D eigenvalue weighted by atomic mass is 9.95. The van der Waals surface area contributed by atoms with Crippen molar-refractivity contribution in [3.8, 4) is 0 Å². The number of halogens is 2. The minimum atomic E-state index is -0.599. The Kier molecular flexibility index (Phi) is 4.11. The molecule has 0 aliphatic heterocycles. The summed E-state index contributed by atoms with van der Waals surface area (Å²) in [4.78, 5) is 15.8. The van der Waals surface area contributed by atoms with Crippen molar-refractivity contribution in [3.63, 3.8) is 0 Å². The average molecular weight is 292 g/mol. The van der Waals surface area contributed by atoms with Crippen molar-refractivity contribution in [1.29, 1.82) is 0 Å². The summed E-state index contributed by atoms with van der Waals surface area (Å²) in [5.74, 6) is 0.640. The maximum atomic E-state index is 11.8. The summed E-state index contributed by atoms with van der Waals surface area (Å²) in [5.41, 5.74) is -0.599. The number of pyridine rings is 1. The zero-order valence-electron chi connectivity index (χ0n) is 8.55. The van der Waals surface area contributed by atoms with Gasteiger partial charge < -0.3 is 5.32 Å². The third kappa shape index (κ3) is 3.18. The lowest BCUT2D eigenvalue weighted by molar-refractivity contribution is -0.123. The van der Waals surface area contributed by atoms with E-state index < -0.39 is 5.41 Å². The number of nitrogens with zero attached hydrogens (tertiary/aromatic N) is 1. The van der Waals surface area contributed by atoms with Gasteiger partial charge in [0.15, 0.2) is 0 Å². The predicted molar refractivity (Wildman–Crippen MR) is 65.1 cm³/mol. The van der Waals surface area contributed by atoms with E-state index in [4.69, 9.17) is 11.6 Å². The second-order valence-corrected chi connectivity index (χ2v) is 4.93. The predicted octanol–water partition coefficient (Wildman–Crippen LogP) is 3.05. The Balaban J connectivity index is 2.80. The Labute approximate surface area is 102 Å². The summed E-state index contributed by atoms with van der Waals surface area (Å²) < 4.78 is 0.753. The van der Waals surface area contributed by atoms with Crippen LogP contribution in [0.4, 0.5) is 5.82 Å². The second kappa shape index (κ2) is 4.94. The van der Waals surface area contributed by atoms with Crippen LogP contribution in [-0.4, -0.2) is 16.8 Å². The molecule has 0 fully saturated rings. The highest BCUT2D eigenvalue weighted by Crippen LogP contribution is 2.23. The number of amides is 1. The monoisotopic (exact) mass is 290 g/mol. The molecule has 0 radical (unpaired) electrons. The van der Waals surface area contributed by atoms with E-state index in [0.29, 0.717) is 5.82 Å². The number of alkyl halides is 1. The van der Waals surface area contributed by atoms with E-state index in [1.54, 1.807) is 26.1 Å². The highest BCUT2D eigenvalue weighted by molar-refractivity contribution is 9.10. The van der Waals surface area contributed by atoms with Gasteiger partial charge in [0, 0.05) is 12.1 Å². The van der Waals surface area contributed by atoms with Crippen LogP contribution < -0.4 is 5.32 Å². The van der Waals surface area contributed by atoms with Gasteiger partial charge in [-0.2, -0.15) is 0 Å². The van der Waals surface area contributed by atoms with Gasteiger partial charge in [-0.3, -0.25) is 4.79 Å². The molecule has 1 rings (SSSR count). The van der Waals surface area contributed by atoms with Gasteiger partial charge in [-0.05, 0) is 41.9 Å². The molecule has 0 bridgehead atoms. The van der Waals surface area contributed by atoms with Gasteiger partial charge in [-0.1, -0.05) is 0 Å². The molecule has 0 atom stereocenters. The van der Waals surface area contributed by atoms with Crippen LogP contribution in [0, 0.1) is 5.41 Å². The maximum Gasteiger partial charge on any atom is 0.232 e. The number of carbonyl (C=O) groups is 1. The molecule has 0 unspecified atom stereocenters. The summed E-state index contributed by atoms with van der Waals surface area (Å²) >= 11 is 9.00. The highest BCUT2D eigenvalue weighted by atomic mass is 79.9. The fraction of sp³-hybridized carbons (Fsp3) is 0.400. The third-order valence-corrected chi connectivity index (χ3v) is 3.25. The molecule has 1 heterocycles. The van der Waals surface area contributed by atoms with E-state index in [2.05, 4.69) is 26.2 Å². The van der Waals surface area contributed by atoms with Crippen LogP contribution in [-0.2, 0) is 4.79 Å². The van der Waals surface area contributed by atoms with Gasteiger partial charge in [0.05, 0.1) is 9.89 Å². The number of carbonyl (C=O) groups excluding carboxylic acids is 1. The fourth-order valence-electron chi connectivity index (χ4n) is 0.815. The molecule has 1 amide bonds. The molecular formula is C10H12BrClN2O. The Morgan fingerprint density at radius 1 is 1.67 bits per heavy atom. The number of aromatic nitrogens is 1. The number of rotatable bonds is 3. The Morgan fingerprint density at radius 2 is 2.33 bits per heavy atom. The van der Waals surface area contributed by atoms with Crippen molar-refractivity contribution in [2.24, 2.45) is 5.41 Å². The quantitative estimate of drug-likeness (QED) is 0.870. The first-order valence-corrected chi connectivity index (χ1v) is 5.78. The van der Waals surface area contributed by atoms with E-state index in [0.717, 1.165) is 4.47 Å². The molecule has 0 aliphatic rings. The Morgan fingerprint density at radius 3 is 2.87 bits per heavy atom. The van der Waals surface area contributed by atoms with Crippen molar-refractivity contribution in [1.82, 2.24) is 4.98 Å². The first-order chi connectivity index (χ1) is 6.97. The smallest absolute Gasteiger partial charge is 0.232 e. The largest absolute Gasteiger partial charge is 0.309 e. The summed E-state index contributed by atoms with van der Waals surface area (Å²) in [7, 11) is 0. The summed E-state index contributed by atoms with van der Waals surface area (Å²) in [6.07, 6.45) is 1.62. The molecule has 1 N–H and O–H groups in total. The van der Waals surface area contributed by atoms with E-state index in [1.807, 2.05) is 6.07 Å². The summed E-state index contributed by atoms with van der Waals surface area (Å²) in [5, 5.41) is 2.72. The van der Waals surface area contributed by atoms with Gasteiger partial charge in [0.2, 0.25) is 5.91 Å². The molecule has 0 aromatic carbocycles. The van der Waals surface area contributed by atoms with Gasteiger partial charge in [0.25, 0.3) is 0 Å². The Hall–Kier alpha value is -0.610. The summed E-state index contributed by atoms with van der Waals surface area (Å²) in [6, 6.07) is 3.60. The fourth-order valence-corrected chi connectivity index (χ4v) is 1.29. The molecule has 15 heavy (non-hydrogen) atoms. The van der Waals surface area contributed by atoms with Crippen LogP contribution in [0.2, 0.25) is 0 Å². The average Bonchev–Trinajstić information content (AvgIpc) is 2.21. The van der Waals surface area contributed by atoms with Crippen LogP contribution in [0.1, 0.15) is 13.8 Å². The van der Waals surface area contributed by atoms with Crippen LogP contribution in [0.3, 0.4) is 0 Å². The van der Waals surface area contributed by atoms with Gasteiger partial charge in [-0.15, -0.1) is 11.6 Å². The van der Waals surface area contributed by atoms with E-state index in [1.165, 1.54) is 0 Å². The van der Waals surface area contributed by atoms with Gasteiger partial charge in [0.1, 0.15) is 5.82 Å². The normalized spacial score (nSPS) is 11.2. The highest BCUT2D eigenvalue weighted by Gasteiger charge is 2.27. The minimum Gasteiger partial charge on any atom is -0.309 e. The number of anilines is 1. The molecule has 5 heteroatoms. The van der Waals surface area contributed by atoms with Crippen LogP contribution >= 0.6 is 27.5 Å². The maximum absolute atomic E-state index is 11.8. The zero-order chi connectivity index (χ0) is 11.5. The Bertz CT molecular complexity index is 368. The SMILES string of the molecule is CC(C)(CCl)C(=O)Nc1ncccc1Br. The van der Waals surface area contributed by atoms with Gasteiger partial charge >= 0.3 is 0 Å². The first-order valence-electron chi connectivity index (χ1n) is 4.45. The second-order valence-electron chi connectivity index (χ2n) is 3.81. The van der Waals surface area contributed by atoms with E-state index in [9.17, 15) is 4.79 Å². The molecule has 0 aliphatic carbocycles. The van der Waals surface area contributed by atoms with Crippen molar-refractivity contribution in [2.45, 2.75) is 13.8 Å². The topological polar surface area (TPSA) is 42.0 Å². The molecule has 3 nitrogen and oxygen atoms in total. The van der Waals surface area contributed by atoms with Crippen LogP contribution in [0.5, 0.6) is 0 Å². The molecule has 1 aromatic heterocycles. The number of hydrogen-bond donors (Lipinski definition) is 1. The molecule has 0 saturated carbocycles. The van der Waals surface area contributed by atoms with Crippen molar-refractivity contribution < 1.29 is 4.79 Å². The minimum absolute atomic E-state index is 0.142. The molecular weight excluding hydrogens is 279 g/mol. The van der Waals surface area contributed by atoms with E-state index >= 15 is 0 Å². The van der Waals surface area contributed by atoms with Crippen LogP contribution in [0.25, 0.3) is 0 Å². The van der Waals surface area contributed by atoms with E-state index in [-0.39, 0.29) is 11.8 Å². The third-order valence-electron chi connectivity index (χ3n) is 1.94. The summed E-state index contributed by atoms with van der Waals surface area (Å²) in [6.45, 7) is 3.57. The standard InChI is InChI=1S/C10H12BrClN2O/c1-10(2,6-12)9(15)14-8-7(11)4-3-5-13-8/h3-5H,6H2,1-2H3,(H,13,14,15). The zero-order valence-corrected chi connectivity index (χ0v) is 10.9. The van der Waals surface area contributed by atoms with Crippen molar-refractivity contribution >= 4 is 39.3 Å². The number of nitrogens with one attached hydrogen (secondary N) is 1. The molecule has 0 spiro atoms. The van der Waals surface area contributed by atoms with Crippen molar-refractivity contribution in [2.75, 3.05) is 11.2 Å². The molecule has 82 valence electrons. The molecule has 0 saturated heterocycles. The lowest BCUT2D eigenvalue weighted by Gasteiger charge is -2.20. The number of hydrogen-bond acceptors (Lipinski definition) is 2. The lowest BCUT2D eigenvalue weighted by Crippen LogP contribution is -2.32. The van der Waals surface area contributed by atoms with Gasteiger partial charge in [-0.25, -0.2) is 4.98 Å².